The van der Waals surface area contributed by atoms with Gasteiger partial charge in [-0.15, -0.1) is 0 Å². The molecule has 2 aliphatic rings. The van der Waals surface area contributed by atoms with Crippen molar-refractivity contribution in [2.75, 3.05) is 13.2 Å². The summed E-state index contributed by atoms with van der Waals surface area (Å²) in [6.07, 6.45) is 1.12. The standard InChI is InChI=1S/C27H32N2O5/c1-17-13-27(2,14-17)16-28-25(32)23(11-12-24(30)31)29-26(33)34-15-22-20-9-5-3-7-18(20)19-8-4-6-10-21(19)22/h3-10,17,22-23H,11-16H2,1-2H3,(H,28,32)(H,29,33)(H,30,31). The fourth-order valence-electron chi connectivity index (χ4n) is 5.51. The van der Waals surface area contributed by atoms with Crippen LogP contribution in [0, 0.1) is 11.3 Å². The van der Waals surface area contributed by atoms with Gasteiger partial charge in [-0.2, -0.15) is 0 Å². The van der Waals surface area contributed by atoms with E-state index in [1.807, 2.05) is 36.4 Å². The molecule has 0 radical (unpaired) electrons. The molecule has 180 valence electrons. The van der Waals surface area contributed by atoms with Crippen LogP contribution in [-0.2, 0) is 14.3 Å². The van der Waals surface area contributed by atoms with Crippen LogP contribution in [0.3, 0.4) is 0 Å². The number of rotatable bonds is 9. The van der Waals surface area contributed by atoms with Gasteiger partial charge in [0.15, 0.2) is 0 Å². The normalized spacial score (nSPS) is 21.5. The molecule has 0 heterocycles. The van der Waals surface area contributed by atoms with E-state index in [4.69, 9.17) is 9.84 Å². The maximum Gasteiger partial charge on any atom is 0.407 e. The Morgan fingerprint density at radius 1 is 1.06 bits per heavy atom. The first kappa shape index (κ1) is 23.8. The summed E-state index contributed by atoms with van der Waals surface area (Å²) in [7, 11) is 0. The SMILES string of the molecule is CC1CC(C)(CNC(=O)C(CCC(=O)O)NC(=O)OCC2c3ccccc3-c3ccccc32)C1. The number of aliphatic carboxylic acids is 1. The highest BCUT2D eigenvalue weighted by Crippen LogP contribution is 2.45. The first-order chi connectivity index (χ1) is 16.3. The number of carboxylic acids is 1. The van der Waals surface area contributed by atoms with Gasteiger partial charge in [0.2, 0.25) is 5.91 Å². The van der Waals surface area contributed by atoms with E-state index in [2.05, 4.69) is 36.6 Å². The molecule has 2 aromatic carbocycles. The molecule has 1 fully saturated rings. The second-order valence-electron chi connectivity index (χ2n) is 10.00. The van der Waals surface area contributed by atoms with Crippen LogP contribution < -0.4 is 10.6 Å². The van der Waals surface area contributed by atoms with Crippen LogP contribution >= 0.6 is 0 Å². The Bertz CT molecular complexity index is 1030. The molecule has 34 heavy (non-hydrogen) atoms. The van der Waals surface area contributed by atoms with Gasteiger partial charge in [-0.25, -0.2) is 4.79 Å². The number of carboxylic acid groups (broad SMARTS) is 1. The van der Waals surface area contributed by atoms with Crippen molar-refractivity contribution in [3.8, 4) is 11.1 Å². The number of nitrogens with one attached hydrogen (secondary N) is 2. The van der Waals surface area contributed by atoms with Gasteiger partial charge in [0.25, 0.3) is 0 Å². The molecule has 2 aliphatic carbocycles. The molecule has 0 aromatic heterocycles. The average Bonchev–Trinajstić information content (AvgIpc) is 3.11. The van der Waals surface area contributed by atoms with E-state index in [9.17, 15) is 14.4 Å². The zero-order chi connectivity index (χ0) is 24.3. The monoisotopic (exact) mass is 464 g/mol. The molecule has 7 nitrogen and oxygen atoms in total. The first-order valence-corrected chi connectivity index (χ1v) is 11.9. The fourth-order valence-corrected chi connectivity index (χ4v) is 5.51. The largest absolute Gasteiger partial charge is 0.481 e. The molecule has 2 amide bonds. The Labute approximate surface area is 199 Å². The molecule has 1 unspecified atom stereocenters. The lowest BCUT2D eigenvalue weighted by Crippen LogP contribution is -2.51. The minimum atomic E-state index is -1.02. The molecule has 0 saturated heterocycles. The second kappa shape index (κ2) is 9.87. The van der Waals surface area contributed by atoms with Crippen LogP contribution in [0.15, 0.2) is 48.5 Å². The molecule has 4 rings (SSSR count). The first-order valence-electron chi connectivity index (χ1n) is 11.9. The van der Waals surface area contributed by atoms with Crippen molar-refractivity contribution in [1.82, 2.24) is 10.6 Å². The van der Waals surface area contributed by atoms with E-state index in [1.165, 1.54) is 0 Å². The van der Waals surface area contributed by atoms with E-state index in [1.54, 1.807) is 0 Å². The third kappa shape index (κ3) is 5.24. The molecule has 2 aromatic rings. The summed E-state index contributed by atoms with van der Waals surface area (Å²) < 4.78 is 5.54. The van der Waals surface area contributed by atoms with Gasteiger partial charge in [0, 0.05) is 18.9 Å². The quantitative estimate of drug-likeness (QED) is 0.513. The average molecular weight is 465 g/mol. The smallest absolute Gasteiger partial charge is 0.407 e. The van der Waals surface area contributed by atoms with Crippen molar-refractivity contribution in [3.05, 3.63) is 59.7 Å². The molecular formula is C27H32N2O5. The van der Waals surface area contributed by atoms with Crippen LogP contribution in [-0.4, -0.2) is 42.3 Å². The van der Waals surface area contributed by atoms with Gasteiger partial charge in [-0.3, -0.25) is 9.59 Å². The highest BCUT2D eigenvalue weighted by Gasteiger charge is 2.38. The Kier molecular flexibility index (Phi) is 6.91. The number of carbonyl (C=O) groups is 3. The summed E-state index contributed by atoms with van der Waals surface area (Å²) in [4.78, 5) is 36.5. The summed E-state index contributed by atoms with van der Waals surface area (Å²) >= 11 is 0. The lowest BCUT2D eigenvalue weighted by Gasteiger charge is -2.44. The Morgan fingerprint density at radius 2 is 1.65 bits per heavy atom. The number of benzene rings is 2. The van der Waals surface area contributed by atoms with E-state index < -0.39 is 18.1 Å². The Balaban J connectivity index is 1.37. The number of alkyl carbamates (subject to hydrolysis) is 1. The minimum absolute atomic E-state index is 0.00151. The zero-order valence-electron chi connectivity index (χ0n) is 19.7. The number of hydrogen-bond donors (Lipinski definition) is 3. The van der Waals surface area contributed by atoms with Gasteiger partial charge in [-0.05, 0) is 52.8 Å². The van der Waals surface area contributed by atoms with Gasteiger partial charge in [-0.1, -0.05) is 62.4 Å². The summed E-state index contributed by atoms with van der Waals surface area (Å²) in [5.41, 5.74) is 4.50. The molecule has 7 heteroatoms. The van der Waals surface area contributed by atoms with Crippen LogP contribution in [0.2, 0.25) is 0 Å². The van der Waals surface area contributed by atoms with Crippen molar-refractivity contribution >= 4 is 18.0 Å². The summed E-state index contributed by atoms with van der Waals surface area (Å²) in [5, 5.41) is 14.6. The lowest BCUT2D eigenvalue weighted by molar-refractivity contribution is -0.137. The third-order valence-corrected chi connectivity index (χ3v) is 6.97. The van der Waals surface area contributed by atoms with Gasteiger partial charge in [0.05, 0.1) is 0 Å². The number of amides is 2. The second-order valence-corrected chi connectivity index (χ2v) is 10.00. The molecular weight excluding hydrogens is 432 g/mol. The number of ether oxygens (including phenoxy) is 1. The highest BCUT2D eigenvalue weighted by molar-refractivity contribution is 5.86. The van der Waals surface area contributed by atoms with Gasteiger partial charge < -0.3 is 20.5 Å². The molecule has 0 bridgehead atoms. The van der Waals surface area contributed by atoms with E-state index in [0.717, 1.165) is 35.1 Å². The number of carbonyl (C=O) groups excluding carboxylic acids is 2. The number of fused-ring (bicyclic) bond motifs is 3. The van der Waals surface area contributed by atoms with E-state index >= 15 is 0 Å². The Morgan fingerprint density at radius 3 is 2.21 bits per heavy atom. The van der Waals surface area contributed by atoms with Crippen molar-refractivity contribution in [1.29, 1.82) is 0 Å². The van der Waals surface area contributed by atoms with Crippen LogP contribution in [0.25, 0.3) is 11.1 Å². The van der Waals surface area contributed by atoms with Crippen LogP contribution in [0.5, 0.6) is 0 Å². The van der Waals surface area contributed by atoms with Crippen molar-refractivity contribution in [3.63, 3.8) is 0 Å². The molecule has 3 N–H and O–H groups in total. The predicted octanol–water partition coefficient (Wildman–Crippen LogP) is 4.31. The summed E-state index contributed by atoms with van der Waals surface area (Å²) in [5.74, 6) is -0.851. The topological polar surface area (TPSA) is 105 Å². The summed E-state index contributed by atoms with van der Waals surface area (Å²) in [6.45, 7) is 4.94. The predicted molar refractivity (Wildman–Crippen MR) is 128 cm³/mol. The van der Waals surface area contributed by atoms with Crippen molar-refractivity contribution in [2.24, 2.45) is 11.3 Å². The van der Waals surface area contributed by atoms with Crippen LogP contribution in [0.4, 0.5) is 4.79 Å². The Hall–Kier alpha value is -3.35. The third-order valence-electron chi connectivity index (χ3n) is 6.97. The zero-order valence-corrected chi connectivity index (χ0v) is 19.7. The maximum absolute atomic E-state index is 12.8. The minimum Gasteiger partial charge on any atom is -0.481 e. The van der Waals surface area contributed by atoms with Crippen molar-refractivity contribution < 1.29 is 24.2 Å². The van der Waals surface area contributed by atoms with Crippen molar-refractivity contribution in [2.45, 2.75) is 51.5 Å². The van der Waals surface area contributed by atoms with Crippen LogP contribution in [0.1, 0.15) is 56.6 Å². The molecule has 0 spiro atoms. The van der Waals surface area contributed by atoms with E-state index in [-0.39, 0.29) is 36.7 Å². The van der Waals surface area contributed by atoms with Gasteiger partial charge in [0.1, 0.15) is 12.6 Å². The number of hydrogen-bond acceptors (Lipinski definition) is 4. The van der Waals surface area contributed by atoms with E-state index in [0.29, 0.717) is 12.5 Å². The molecule has 1 atom stereocenters. The van der Waals surface area contributed by atoms with Gasteiger partial charge >= 0.3 is 12.1 Å². The fraction of sp³-hybridized carbons (Fsp3) is 0.444. The maximum atomic E-state index is 12.8. The highest BCUT2D eigenvalue weighted by atomic mass is 16.5. The lowest BCUT2D eigenvalue weighted by atomic mass is 9.64. The summed E-state index contributed by atoms with van der Waals surface area (Å²) in [6, 6.07) is 15.1. The molecule has 1 saturated carbocycles. The molecule has 0 aliphatic heterocycles.